The van der Waals surface area contributed by atoms with Crippen molar-refractivity contribution in [3.05, 3.63) is 47.7 Å². The van der Waals surface area contributed by atoms with Gasteiger partial charge in [0.2, 0.25) is 11.8 Å². The van der Waals surface area contributed by atoms with Crippen molar-refractivity contribution in [2.45, 2.75) is 19.4 Å². The summed E-state index contributed by atoms with van der Waals surface area (Å²) in [6, 6.07) is 11.8. The van der Waals surface area contributed by atoms with Crippen LogP contribution in [0.15, 0.2) is 36.4 Å². The highest BCUT2D eigenvalue weighted by Crippen LogP contribution is 2.13. The van der Waals surface area contributed by atoms with Gasteiger partial charge in [-0.05, 0) is 18.4 Å². The zero-order valence-corrected chi connectivity index (χ0v) is 13.6. The molecular weight excluding hydrogens is 310 g/mol. The first kappa shape index (κ1) is 17.7. The first-order valence-electron chi connectivity index (χ1n) is 7.66. The van der Waals surface area contributed by atoms with Gasteiger partial charge >= 0.3 is 5.97 Å². The Balaban J connectivity index is 1.90. The number of nitrogens with zero attached hydrogens (tertiary/aromatic N) is 2. The highest BCUT2D eigenvalue weighted by molar-refractivity contribution is 5.68. The summed E-state index contributed by atoms with van der Waals surface area (Å²) >= 11 is 0. The maximum absolute atomic E-state index is 10.6. The molecule has 2 rings (SSSR count). The largest absolute Gasteiger partial charge is 0.479 e. The highest BCUT2D eigenvalue weighted by atomic mass is 16.5. The van der Waals surface area contributed by atoms with Crippen LogP contribution in [0.1, 0.15) is 17.7 Å². The molecule has 0 atom stereocenters. The molecule has 0 unspecified atom stereocenters. The number of aryl methyl sites for hydroxylation is 1. The molecule has 1 aromatic heterocycles. The van der Waals surface area contributed by atoms with Gasteiger partial charge in [0.05, 0.1) is 12.3 Å². The van der Waals surface area contributed by atoms with Gasteiger partial charge in [-0.25, -0.2) is 9.78 Å². The maximum Gasteiger partial charge on any atom is 0.341 e. The molecule has 0 saturated carbocycles. The summed E-state index contributed by atoms with van der Waals surface area (Å²) in [7, 11) is 1.56. The van der Waals surface area contributed by atoms with E-state index in [-0.39, 0.29) is 5.88 Å². The predicted octanol–water partition coefficient (Wildman–Crippen LogP) is 2.13. The molecule has 0 radical (unpaired) electrons. The molecule has 0 aliphatic rings. The smallest absolute Gasteiger partial charge is 0.341 e. The molecule has 7 nitrogen and oxygen atoms in total. The molecule has 1 aromatic carbocycles. The molecule has 0 amide bonds. The molecule has 128 valence electrons. The Morgan fingerprint density at radius 2 is 2.04 bits per heavy atom. The van der Waals surface area contributed by atoms with Crippen LogP contribution in [0.5, 0.6) is 5.88 Å². The van der Waals surface area contributed by atoms with Crippen LogP contribution in [0.3, 0.4) is 0 Å². The average molecular weight is 331 g/mol. The summed E-state index contributed by atoms with van der Waals surface area (Å²) in [4.78, 5) is 19.1. The van der Waals surface area contributed by atoms with Gasteiger partial charge in [0.25, 0.3) is 0 Å². The summed E-state index contributed by atoms with van der Waals surface area (Å²) in [6.45, 7) is 0.547. The molecule has 0 bridgehead atoms. The van der Waals surface area contributed by atoms with Crippen molar-refractivity contribution in [1.29, 1.82) is 0 Å². The molecule has 0 aliphatic heterocycles. The van der Waals surface area contributed by atoms with Crippen molar-refractivity contribution in [3.8, 4) is 5.88 Å². The SMILES string of the molecule is COCc1cc(OCC(=O)O)nc(NCCCc2ccccc2)n1. The van der Waals surface area contributed by atoms with Crippen LogP contribution < -0.4 is 10.1 Å². The number of hydrogen-bond acceptors (Lipinski definition) is 6. The lowest BCUT2D eigenvalue weighted by Gasteiger charge is -2.09. The van der Waals surface area contributed by atoms with E-state index in [4.69, 9.17) is 14.6 Å². The third-order valence-electron chi connectivity index (χ3n) is 3.16. The number of rotatable bonds is 10. The number of methoxy groups -OCH3 is 1. The van der Waals surface area contributed by atoms with Crippen LogP contribution in [0.2, 0.25) is 0 Å². The Bertz CT molecular complexity index is 650. The third kappa shape index (κ3) is 6.21. The monoisotopic (exact) mass is 331 g/mol. The Hall–Kier alpha value is -2.67. The summed E-state index contributed by atoms with van der Waals surface area (Å²) in [5.74, 6) is -0.442. The van der Waals surface area contributed by atoms with Gasteiger partial charge in [0.1, 0.15) is 0 Å². The van der Waals surface area contributed by atoms with Crippen molar-refractivity contribution in [1.82, 2.24) is 9.97 Å². The van der Waals surface area contributed by atoms with E-state index >= 15 is 0 Å². The minimum absolute atomic E-state index is 0.213. The number of carbonyl (C=O) groups is 1. The number of anilines is 1. The van der Waals surface area contributed by atoms with E-state index in [2.05, 4.69) is 27.4 Å². The second kappa shape index (κ2) is 9.46. The van der Waals surface area contributed by atoms with Gasteiger partial charge < -0.3 is 19.9 Å². The van der Waals surface area contributed by atoms with Gasteiger partial charge in [-0.1, -0.05) is 30.3 Å². The molecule has 24 heavy (non-hydrogen) atoms. The van der Waals surface area contributed by atoms with E-state index in [1.54, 1.807) is 13.2 Å². The van der Waals surface area contributed by atoms with E-state index in [1.165, 1.54) is 5.56 Å². The molecule has 0 spiro atoms. The van der Waals surface area contributed by atoms with Crippen LogP contribution in [0, 0.1) is 0 Å². The third-order valence-corrected chi connectivity index (χ3v) is 3.16. The predicted molar refractivity (Wildman–Crippen MR) is 89.1 cm³/mol. The number of benzene rings is 1. The normalized spacial score (nSPS) is 10.4. The van der Waals surface area contributed by atoms with Crippen LogP contribution in [-0.4, -0.2) is 41.3 Å². The number of aromatic nitrogens is 2. The number of nitrogens with one attached hydrogen (secondary N) is 1. The first-order valence-corrected chi connectivity index (χ1v) is 7.66. The molecular formula is C17H21N3O4. The van der Waals surface area contributed by atoms with E-state index in [1.807, 2.05) is 18.2 Å². The van der Waals surface area contributed by atoms with E-state index < -0.39 is 12.6 Å². The minimum Gasteiger partial charge on any atom is -0.479 e. The first-order chi connectivity index (χ1) is 11.7. The van der Waals surface area contributed by atoms with Crippen molar-refractivity contribution >= 4 is 11.9 Å². The lowest BCUT2D eigenvalue weighted by molar-refractivity contribution is -0.139. The van der Waals surface area contributed by atoms with Gasteiger partial charge in [-0.15, -0.1) is 0 Å². The number of ether oxygens (including phenoxy) is 2. The fourth-order valence-electron chi connectivity index (χ4n) is 2.12. The number of carboxylic acids is 1. The van der Waals surface area contributed by atoms with Gasteiger partial charge in [0, 0.05) is 19.7 Å². The second-order valence-electron chi connectivity index (χ2n) is 5.15. The number of carboxylic acid groups (broad SMARTS) is 1. The molecule has 1 heterocycles. The Morgan fingerprint density at radius 1 is 1.25 bits per heavy atom. The van der Waals surface area contributed by atoms with Crippen LogP contribution in [0.4, 0.5) is 5.95 Å². The van der Waals surface area contributed by atoms with Crippen LogP contribution in [-0.2, 0) is 22.6 Å². The Kier molecular flexibility index (Phi) is 6.97. The van der Waals surface area contributed by atoms with Crippen LogP contribution >= 0.6 is 0 Å². The molecule has 0 saturated heterocycles. The Labute approximate surface area is 140 Å². The standard InChI is InChI=1S/C17H21N3O4/c1-23-11-14-10-15(24-12-16(21)22)20-17(19-14)18-9-5-8-13-6-3-2-4-7-13/h2-4,6-7,10H,5,8-9,11-12H2,1H3,(H,21,22)(H,18,19,20). The van der Waals surface area contributed by atoms with E-state index in [9.17, 15) is 4.79 Å². The molecule has 7 heteroatoms. The van der Waals surface area contributed by atoms with Crippen LogP contribution in [0.25, 0.3) is 0 Å². The Morgan fingerprint density at radius 3 is 2.75 bits per heavy atom. The zero-order valence-electron chi connectivity index (χ0n) is 13.6. The zero-order chi connectivity index (χ0) is 17.2. The summed E-state index contributed by atoms with van der Waals surface area (Å²) < 4.78 is 10.2. The van der Waals surface area contributed by atoms with Crippen molar-refractivity contribution < 1.29 is 19.4 Å². The summed E-state index contributed by atoms with van der Waals surface area (Å²) in [6.07, 6.45) is 1.88. The minimum atomic E-state index is -1.06. The van der Waals surface area contributed by atoms with Crippen molar-refractivity contribution in [3.63, 3.8) is 0 Å². The summed E-state index contributed by atoms with van der Waals surface area (Å²) in [5, 5.41) is 11.8. The average Bonchev–Trinajstić information content (AvgIpc) is 2.58. The quantitative estimate of drug-likeness (QED) is 0.644. The van der Waals surface area contributed by atoms with Gasteiger partial charge in [-0.3, -0.25) is 0 Å². The van der Waals surface area contributed by atoms with E-state index in [0.717, 1.165) is 12.8 Å². The van der Waals surface area contributed by atoms with E-state index in [0.29, 0.717) is 24.8 Å². The molecule has 2 aromatic rings. The lowest BCUT2D eigenvalue weighted by atomic mass is 10.1. The second-order valence-corrected chi connectivity index (χ2v) is 5.15. The van der Waals surface area contributed by atoms with Gasteiger partial charge in [0.15, 0.2) is 6.61 Å². The maximum atomic E-state index is 10.6. The fourth-order valence-corrected chi connectivity index (χ4v) is 2.12. The summed E-state index contributed by atoms with van der Waals surface area (Å²) in [5.41, 5.74) is 1.90. The lowest BCUT2D eigenvalue weighted by Crippen LogP contribution is -2.13. The number of hydrogen-bond donors (Lipinski definition) is 2. The fraction of sp³-hybridized carbons (Fsp3) is 0.353. The molecule has 0 fully saturated rings. The molecule has 2 N–H and O–H groups in total. The van der Waals surface area contributed by atoms with Crippen molar-refractivity contribution in [2.24, 2.45) is 0 Å². The number of aliphatic carboxylic acids is 1. The highest BCUT2D eigenvalue weighted by Gasteiger charge is 2.07. The van der Waals surface area contributed by atoms with Gasteiger partial charge in [-0.2, -0.15) is 4.98 Å². The van der Waals surface area contributed by atoms with Crippen molar-refractivity contribution in [2.75, 3.05) is 25.6 Å². The topological polar surface area (TPSA) is 93.6 Å². The molecule has 0 aliphatic carbocycles.